The van der Waals surface area contributed by atoms with Crippen molar-refractivity contribution in [1.29, 1.82) is 0 Å². The van der Waals surface area contributed by atoms with Crippen molar-refractivity contribution in [2.75, 3.05) is 40.1 Å². The van der Waals surface area contributed by atoms with Crippen molar-refractivity contribution in [2.45, 2.75) is 0 Å². The van der Waals surface area contributed by atoms with Crippen LogP contribution in [0.5, 0.6) is 11.5 Å². The van der Waals surface area contributed by atoms with E-state index in [2.05, 4.69) is 15.6 Å². The molecule has 25 heavy (non-hydrogen) atoms. The molecule has 1 aliphatic rings. The lowest BCUT2D eigenvalue weighted by Gasteiger charge is -2.05. The van der Waals surface area contributed by atoms with Crippen LogP contribution in [0.3, 0.4) is 0 Å². The lowest BCUT2D eigenvalue weighted by Crippen LogP contribution is -2.32. The molecule has 7 nitrogen and oxygen atoms in total. The monoisotopic (exact) mass is 385 g/mol. The van der Waals surface area contributed by atoms with E-state index in [1.807, 2.05) is 18.2 Å². The fourth-order valence-corrected chi connectivity index (χ4v) is 3.02. The van der Waals surface area contributed by atoms with E-state index >= 15 is 0 Å². The number of methoxy groups -OCH3 is 1. The first-order valence-corrected chi connectivity index (χ1v) is 8.43. The van der Waals surface area contributed by atoms with Crippen LogP contribution in [-0.2, 0) is 4.74 Å². The summed E-state index contributed by atoms with van der Waals surface area (Å²) in [4.78, 5) is 17.0. The number of nitrogens with one attached hydrogen (secondary N) is 2. The minimum atomic E-state index is -0.118. The highest BCUT2D eigenvalue weighted by atomic mass is 35.5. The highest BCUT2D eigenvalue weighted by Crippen LogP contribution is 2.36. The number of benzene rings is 1. The van der Waals surface area contributed by atoms with Gasteiger partial charge >= 0.3 is 0 Å². The molecule has 2 N–H and O–H groups in total. The number of aromatic nitrogens is 1. The van der Waals surface area contributed by atoms with Crippen molar-refractivity contribution in [3.8, 4) is 22.1 Å². The lowest BCUT2D eigenvalue weighted by atomic mass is 10.2. The Morgan fingerprint density at radius 2 is 2.12 bits per heavy atom. The molecule has 1 aliphatic heterocycles. The van der Waals surface area contributed by atoms with Gasteiger partial charge in [0.2, 0.25) is 6.79 Å². The van der Waals surface area contributed by atoms with Crippen LogP contribution in [0.2, 0.25) is 0 Å². The van der Waals surface area contributed by atoms with Gasteiger partial charge in [0.05, 0.1) is 12.8 Å². The van der Waals surface area contributed by atoms with Gasteiger partial charge < -0.3 is 24.8 Å². The Balaban J connectivity index is 0.00000225. The first kappa shape index (κ1) is 19.5. The minimum absolute atomic E-state index is 0. The first-order valence-electron chi connectivity index (χ1n) is 7.61. The molecule has 2 aromatic rings. The second-order valence-corrected chi connectivity index (χ2v) is 6.13. The summed E-state index contributed by atoms with van der Waals surface area (Å²) >= 11 is 1.35. The van der Waals surface area contributed by atoms with Gasteiger partial charge in [-0.05, 0) is 18.2 Å². The molecule has 9 heteroatoms. The largest absolute Gasteiger partial charge is 0.454 e. The van der Waals surface area contributed by atoms with E-state index in [-0.39, 0.29) is 25.1 Å². The zero-order valence-corrected chi connectivity index (χ0v) is 15.4. The van der Waals surface area contributed by atoms with E-state index in [4.69, 9.17) is 14.2 Å². The molecule has 0 atom stereocenters. The van der Waals surface area contributed by atoms with Gasteiger partial charge in [-0.1, -0.05) is 0 Å². The van der Waals surface area contributed by atoms with Gasteiger partial charge in [0.15, 0.2) is 11.5 Å². The van der Waals surface area contributed by atoms with Gasteiger partial charge in [0.1, 0.15) is 9.88 Å². The standard InChI is InChI=1S/C16H19N3O4S.ClH/c1-21-7-6-17-4-5-18-15(20)14-9-19-16(24-14)11-2-3-12-13(8-11)23-10-22-12;/h2-3,8-9,17H,4-7,10H2,1H3,(H,18,20);1H. The molecular weight excluding hydrogens is 366 g/mol. The molecule has 2 heterocycles. The van der Waals surface area contributed by atoms with E-state index in [9.17, 15) is 4.79 Å². The number of ether oxygens (including phenoxy) is 3. The van der Waals surface area contributed by atoms with E-state index in [0.717, 1.165) is 22.9 Å². The van der Waals surface area contributed by atoms with Crippen LogP contribution in [0.4, 0.5) is 0 Å². The van der Waals surface area contributed by atoms with Crippen LogP contribution in [0.15, 0.2) is 24.4 Å². The highest BCUT2D eigenvalue weighted by Gasteiger charge is 2.16. The van der Waals surface area contributed by atoms with Crippen molar-refractivity contribution >= 4 is 29.7 Å². The van der Waals surface area contributed by atoms with Gasteiger partial charge in [-0.3, -0.25) is 4.79 Å². The van der Waals surface area contributed by atoms with E-state index in [1.54, 1.807) is 13.3 Å². The zero-order valence-electron chi connectivity index (χ0n) is 13.7. The summed E-state index contributed by atoms with van der Waals surface area (Å²) in [5.74, 6) is 1.32. The molecule has 0 aliphatic carbocycles. The number of hydrogen-bond acceptors (Lipinski definition) is 7. The van der Waals surface area contributed by atoms with Crippen molar-refractivity contribution in [3.05, 3.63) is 29.3 Å². The number of thiazole rings is 1. The summed E-state index contributed by atoms with van der Waals surface area (Å²) in [7, 11) is 1.66. The molecule has 0 fully saturated rings. The van der Waals surface area contributed by atoms with Crippen LogP contribution in [0, 0.1) is 0 Å². The Morgan fingerprint density at radius 1 is 1.28 bits per heavy atom. The third-order valence-corrected chi connectivity index (χ3v) is 4.46. The molecule has 3 rings (SSSR count). The summed E-state index contributed by atoms with van der Waals surface area (Å²) in [5, 5.41) is 6.81. The van der Waals surface area contributed by atoms with Crippen molar-refractivity contribution in [3.63, 3.8) is 0 Å². The summed E-state index contributed by atoms with van der Waals surface area (Å²) in [6, 6.07) is 5.64. The molecule has 136 valence electrons. The normalized spacial score (nSPS) is 11.9. The Morgan fingerprint density at radius 3 is 2.96 bits per heavy atom. The minimum Gasteiger partial charge on any atom is -0.454 e. The highest BCUT2D eigenvalue weighted by molar-refractivity contribution is 7.16. The maximum Gasteiger partial charge on any atom is 0.263 e. The van der Waals surface area contributed by atoms with Gasteiger partial charge in [-0.2, -0.15) is 0 Å². The molecule has 1 aromatic carbocycles. The van der Waals surface area contributed by atoms with E-state index in [0.29, 0.717) is 30.3 Å². The Hall–Kier alpha value is -1.87. The molecule has 0 saturated heterocycles. The number of nitrogens with zero attached hydrogens (tertiary/aromatic N) is 1. The van der Waals surface area contributed by atoms with Crippen LogP contribution in [-0.4, -0.2) is 51.0 Å². The average Bonchev–Trinajstić information content (AvgIpc) is 3.26. The molecule has 0 bridgehead atoms. The second kappa shape index (κ2) is 9.57. The molecule has 1 amide bonds. The van der Waals surface area contributed by atoms with Crippen LogP contribution in [0.1, 0.15) is 9.67 Å². The fraction of sp³-hybridized carbons (Fsp3) is 0.375. The third kappa shape index (κ3) is 5.05. The first-order chi connectivity index (χ1) is 11.8. The number of hydrogen-bond donors (Lipinski definition) is 2. The topological polar surface area (TPSA) is 81.7 Å². The third-order valence-electron chi connectivity index (χ3n) is 3.42. The maximum atomic E-state index is 12.1. The quantitative estimate of drug-likeness (QED) is 0.676. The van der Waals surface area contributed by atoms with Crippen molar-refractivity contribution in [1.82, 2.24) is 15.6 Å². The van der Waals surface area contributed by atoms with E-state index < -0.39 is 0 Å². The summed E-state index contributed by atoms with van der Waals surface area (Å²) in [5.41, 5.74) is 0.907. The van der Waals surface area contributed by atoms with Gasteiger partial charge in [0, 0.05) is 32.3 Å². The predicted octanol–water partition coefficient (Wildman–Crippen LogP) is 1.93. The number of carbonyl (C=O) groups excluding carboxylic acids is 1. The number of fused-ring (bicyclic) bond motifs is 1. The molecule has 0 unspecified atom stereocenters. The maximum absolute atomic E-state index is 12.1. The summed E-state index contributed by atoms with van der Waals surface area (Å²) in [6.45, 7) is 2.91. The molecule has 0 saturated carbocycles. The second-order valence-electron chi connectivity index (χ2n) is 5.10. The van der Waals surface area contributed by atoms with Crippen molar-refractivity contribution < 1.29 is 19.0 Å². The van der Waals surface area contributed by atoms with Gasteiger partial charge in [0.25, 0.3) is 5.91 Å². The van der Waals surface area contributed by atoms with E-state index in [1.165, 1.54) is 11.3 Å². The number of halogens is 1. The molecule has 1 aromatic heterocycles. The molecular formula is C16H20ClN3O4S. The molecule has 0 radical (unpaired) electrons. The number of carbonyl (C=O) groups is 1. The average molecular weight is 386 g/mol. The Kier molecular flexibility index (Phi) is 7.45. The Bertz CT molecular complexity index is 710. The van der Waals surface area contributed by atoms with Crippen molar-refractivity contribution in [2.24, 2.45) is 0 Å². The van der Waals surface area contributed by atoms with Gasteiger partial charge in [-0.25, -0.2) is 4.98 Å². The summed E-state index contributed by atoms with van der Waals surface area (Å²) in [6.07, 6.45) is 1.60. The van der Waals surface area contributed by atoms with Crippen LogP contribution >= 0.6 is 23.7 Å². The summed E-state index contributed by atoms with van der Waals surface area (Å²) < 4.78 is 15.6. The van der Waals surface area contributed by atoms with Crippen LogP contribution < -0.4 is 20.1 Å². The fourth-order valence-electron chi connectivity index (χ4n) is 2.19. The lowest BCUT2D eigenvalue weighted by molar-refractivity contribution is 0.0957. The SMILES string of the molecule is COCCNCCNC(=O)c1cnc(-c2ccc3c(c2)OCO3)s1.Cl. The van der Waals surface area contributed by atoms with Gasteiger partial charge in [-0.15, -0.1) is 23.7 Å². The number of amides is 1. The zero-order chi connectivity index (χ0) is 16.8. The number of rotatable bonds is 8. The predicted molar refractivity (Wildman–Crippen MR) is 98.0 cm³/mol. The van der Waals surface area contributed by atoms with Crippen LogP contribution in [0.25, 0.3) is 10.6 Å². The molecule has 0 spiro atoms. The Labute approximate surface area is 156 Å². The smallest absolute Gasteiger partial charge is 0.263 e.